The highest BCUT2D eigenvalue weighted by atomic mass is 16.2. The van der Waals surface area contributed by atoms with E-state index in [1.54, 1.807) is 24.0 Å². The van der Waals surface area contributed by atoms with Crippen LogP contribution in [0.1, 0.15) is 24.3 Å². The number of hydrogen-bond acceptors (Lipinski definition) is 4. The summed E-state index contributed by atoms with van der Waals surface area (Å²) in [4.78, 5) is 17.7. The maximum atomic E-state index is 12.1. The predicted octanol–water partition coefficient (Wildman–Crippen LogP) is 1.29. The number of carbonyl (C=O) groups is 1. The molecule has 1 aromatic heterocycles. The summed E-state index contributed by atoms with van der Waals surface area (Å²) < 4.78 is 0. The van der Waals surface area contributed by atoms with Crippen LogP contribution in [-0.2, 0) is 0 Å². The molecule has 0 spiro atoms. The fourth-order valence-corrected chi connectivity index (χ4v) is 1.45. The number of nitrogens with two attached hydrogens (primary N) is 1. The Labute approximate surface area is 101 Å². The summed E-state index contributed by atoms with van der Waals surface area (Å²) in [5.41, 5.74) is 6.43. The lowest BCUT2D eigenvalue weighted by molar-refractivity contribution is 0.0747. The summed E-state index contributed by atoms with van der Waals surface area (Å²) in [7, 11) is 0. The van der Waals surface area contributed by atoms with Crippen molar-refractivity contribution in [3.05, 3.63) is 24.0 Å². The molecule has 17 heavy (non-hydrogen) atoms. The molecule has 0 saturated carbocycles. The first-order chi connectivity index (χ1) is 8.08. The average Bonchev–Trinajstić information content (AvgIpc) is 2.34. The normalized spacial score (nSPS) is 11.6. The van der Waals surface area contributed by atoms with Gasteiger partial charge < -0.3 is 10.6 Å². The second-order valence-electron chi connectivity index (χ2n) is 3.85. The Balaban J connectivity index is 2.83. The minimum atomic E-state index is -0.194. The number of aromatic nitrogens is 1. The predicted molar refractivity (Wildman–Crippen MR) is 65.0 cm³/mol. The monoisotopic (exact) mass is 232 g/mol. The maximum Gasteiger partial charge on any atom is 0.272 e. The number of rotatable bonds is 4. The number of anilines is 1. The number of amides is 1. The molecule has 5 heteroatoms. The van der Waals surface area contributed by atoms with Crippen LogP contribution in [0.15, 0.2) is 18.3 Å². The van der Waals surface area contributed by atoms with Gasteiger partial charge >= 0.3 is 0 Å². The zero-order valence-corrected chi connectivity index (χ0v) is 10.1. The van der Waals surface area contributed by atoms with E-state index in [1.807, 2.05) is 6.92 Å². The van der Waals surface area contributed by atoms with Crippen molar-refractivity contribution in [2.75, 3.05) is 18.8 Å². The summed E-state index contributed by atoms with van der Waals surface area (Å²) in [5, 5.41) is 8.75. The van der Waals surface area contributed by atoms with Crippen molar-refractivity contribution in [2.24, 2.45) is 5.92 Å². The van der Waals surface area contributed by atoms with Gasteiger partial charge in [0.05, 0.1) is 12.0 Å². The molecule has 0 saturated heterocycles. The van der Waals surface area contributed by atoms with Crippen LogP contribution in [0.4, 0.5) is 5.69 Å². The number of nitriles is 1. The molecule has 1 rings (SSSR count). The van der Waals surface area contributed by atoms with Crippen molar-refractivity contribution in [2.45, 2.75) is 13.8 Å². The largest absolute Gasteiger partial charge is 0.399 e. The standard InChI is InChI=1S/C12H16N4O/c1-3-16(8-9(2)7-13)12(17)11-6-10(14)4-5-15-11/h4-6,9H,3,8H2,1-2H3,(H2,14,15). The van der Waals surface area contributed by atoms with E-state index in [1.165, 1.54) is 6.20 Å². The topological polar surface area (TPSA) is 83.0 Å². The van der Waals surface area contributed by atoms with Crippen molar-refractivity contribution >= 4 is 11.6 Å². The highest BCUT2D eigenvalue weighted by Gasteiger charge is 2.17. The van der Waals surface area contributed by atoms with Crippen molar-refractivity contribution in [1.29, 1.82) is 5.26 Å². The summed E-state index contributed by atoms with van der Waals surface area (Å²) in [6.07, 6.45) is 1.50. The molecule has 1 unspecified atom stereocenters. The summed E-state index contributed by atoms with van der Waals surface area (Å²) in [5.74, 6) is -0.387. The lowest BCUT2D eigenvalue weighted by Crippen LogP contribution is -2.34. The summed E-state index contributed by atoms with van der Waals surface area (Å²) >= 11 is 0. The lowest BCUT2D eigenvalue weighted by atomic mass is 10.2. The van der Waals surface area contributed by atoms with Gasteiger partial charge in [0.25, 0.3) is 5.91 Å². The Morgan fingerprint density at radius 3 is 2.94 bits per heavy atom. The first-order valence-corrected chi connectivity index (χ1v) is 5.49. The van der Waals surface area contributed by atoms with Gasteiger partial charge in [-0.15, -0.1) is 0 Å². The van der Waals surface area contributed by atoms with Gasteiger partial charge in [-0.2, -0.15) is 5.26 Å². The quantitative estimate of drug-likeness (QED) is 0.847. The Morgan fingerprint density at radius 1 is 1.71 bits per heavy atom. The van der Waals surface area contributed by atoms with Crippen LogP contribution in [0.5, 0.6) is 0 Å². The SMILES string of the molecule is CCN(CC(C)C#N)C(=O)c1cc(N)ccn1. The molecule has 0 aliphatic carbocycles. The molecule has 5 nitrogen and oxygen atoms in total. The van der Waals surface area contributed by atoms with E-state index in [0.717, 1.165) is 0 Å². The van der Waals surface area contributed by atoms with E-state index >= 15 is 0 Å². The van der Waals surface area contributed by atoms with E-state index < -0.39 is 0 Å². The molecule has 0 fully saturated rings. The third-order valence-corrected chi connectivity index (χ3v) is 2.39. The second-order valence-corrected chi connectivity index (χ2v) is 3.85. The first kappa shape index (κ1) is 13.0. The van der Waals surface area contributed by atoms with Crippen LogP contribution in [-0.4, -0.2) is 28.9 Å². The van der Waals surface area contributed by atoms with Crippen LogP contribution in [0.3, 0.4) is 0 Å². The van der Waals surface area contributed by atoms with E-state index in [-0.39, 0.29) is 11.8 Å². The van der Waals surface area contributed by atoms with Crippen LogP contribution in [0.2, 0.25) is 0 Å². The summed E-state index contributed by atoms with van der Waals surface area (Å²) in [6, 6.07) is 5.28. The number of hydrogen-bond donors (Lipinski definition) is 1. The molecule has 1 aromatic rings. The van der Waals surface area contributed by atoms with Crippen LogP contribution in [0, 0.1) is 17.2 Å². The highest BCUT2D eigenvalue weighted by molar-refractivity contribution is 5.93. The van der Waals surface area contributed by atoms with Crippen LogP contribution < -0.4 is 5.73 Å². The van der Waals surface area contributed by atoms with Crippen LogP contribution in [0.25, 0.3) is 0 Å². The van der Waals surface area contributed by atoms with Gasteiger partial charge in [-0.3, -0.25) is 9.78 Å². The zero-order valence-electron chi connectivity index (χ0n) is 10.1. The number of pyridine rings is 1. The molecular weight excluding hydrogens is 216 g/mol. The first-order valence-electron chi connectivity index (χ1n) is 5.49. The third-order valence-electron chi connectivity index (χ3n) is 2.39. The highest BCUT2D eigenvalue weighted by Crippen LogP contribution is 2.08. The molecular formula is C12H16N4O. The van der Waals surface area contributed by atoms with E-state index in [4.69, 9.17) is 11.0 Å². The van der Waals surface area contributed by atoms with Gasteiger partial charge in [0.1, 0.15) is 5.69 Å². The van der Waals surface area contributed by atoms with Crippen molar-refractivity contribution in [1.82, 2.24) is 9.88 Å². The smallest absolute Gasteiger partial charge is 0.272 e. The molecule has 0 aromatic carbocycles. The van der Waals surface area contributed by atoms with E-state index in [2.05, 4.69) is 11.1 Å². The van der Waals surface area contributed by atoms with E-state index in [0.29, 0.717) is 24.5 Å². The maximum absolute atomic E-state index is 12.1. The van der Waals surface area contributed by atoms with Gasteiger partial charge in [-0.25, -0.2) is 0 Å². The molecule has 1 atom stereocenters. The Hall–Kier alpha value is -2.09. The fraction of sp³-hybridized carbons (Fsp3) is 0.417. The van der Waals surface area contributed by atoms with Gasteiger partial charge in [-0.05, 0) is 26.0 Å². The van der Waals surface area contributed by atoms with E-state index in [9.17, 15) is 4.79 Å². The van der Waals surface area contributed by atoms with Gasteiger partial charge in [0.2, 0.25) is 0 Å². The third kappa shape index (κ3) is 3.45. The lowest BCUT2D eigenvalue weighted by Gasteiger charge is -2.21. The number of carbonyl (C=O) groups excluding carboxylic acids is 1. The summed E-state index contributed by atoms with van der Waals surface area (Å²) in [6.45, 7) is 4.60. The fourth-order valence-electron chi connectivity index (χ4n) is 1.45. The van der Waals surface area contributed by atoms with Gasteiger partial charge in [0.15, 0.2) is 0 Å². The molecule has 1 amide bonds. The molecule has 0 radical (unpaired) electrons. The van der Waals surface area contributed by atoms with Crippen molar-refractivity contribution in [3.63, 3.8) is 0 Å². The minimum Gasteiger partial charge on any atom is -0.399 e. The number of nitrogen functional groups attached to an aromatic ring is 1. The van der Waals surface area contributed by atoms with Crippen molar-refractivity contribution in [3.8, 4) is 6.07 Å². The van der Waals surface area contributed by atoms with Gasteiger partial charge in [0, 0.05) is 25.0 Å². The second kappa shape index (κ2) is 5.85. The van der Waals surface area contributed by atoms with Crippen molar-refractivity contribution < 1.29 is 4.79 Å². The Kier molecular flexibility index (Phi) is 4.46. The Morgan fingerprint density at radius 2 is 2.41 bits per heavy atom. The average molecular weight is 232 g/mol. The molecule has 0 bridgehead atoms. The molecule has 90 valence electrons. The van der Waals surface area contributed by atoms with Gasteiger partial charge in [-0.1, -0.05) is 0 Å². The molecule has 2 N–H and O–H groups in total. The number of nitrogens with zero attached hydrogens (tertiary/aromatic N) is 3. The Bertz CT molecular complexity index is 438. The molecule has 1 heterocycles. The molecule has 0 aliphatic rings. The molecule has 0 aliphatic heterocycles. The minimum absolute atomic E-state index is 0.193. The zero-order chi connectivity index (χ0) is 12.8. The van der Waals surface area contributed by atoms with Crippen LogP contribution >= 0.6 is 0 Å².